The molecule has 2 saturated heterocycles. The molecule has 2 heterocycles. The number of ether oxygens (including phenoxy) is 2. The van der Waals surface area contributed by atoms with Crippen LogP contribution in [0.15, 0.2) is 42.0 Å². The number of hydrogen-bond acceptors (Lipinski definition) is 6. The Balaban J connectivity index is 1.76. The smallest absolute Gasteiger partial charge is 0.270 e. The van der Waals surface area contributed by atoms with E-state index in [1.807, 2.05) is 6.07 Å². The predicted molar refractivity (Wildman–Crippen MR) is 129 cm³/mol. The Morgan fingerprint density at radius 1 is 1.06 bits per heavy atom. The minimum atomic E-state index is -0.581. The lowest BCUT2D eigenvalue weighted by Gasteiger charge is -2.29. The highest BCUT2D eigenvalue weighted by Crippen LogP contribution is 2.38. The highest BCUT2D eigenvalue weighted by Gasteiger charge is 2.35. The zero-order valence-corrected chi connectivity index (χ0v) is 19.3. The van der Waals surface area contributed by atoms with Crippen molar-refractivity contribution in [3.63, 3.8) is 0 Å². The number of amides is 2. The SMILES string of the molecule is COc1cc(N2CCCC2)c(OC)cc1/C=C1\C(=O)NC(=S)N(c2cccc(Cl)c2)C1=O. The fourth-order valence-electron chi connectivity index (χ4n) is 3.89. The van der Waals surface area contributed by atoms with Crippen LogP contribution in [0.2, 0.25) is 5.02 Å². The Morgan fingerprint density at radius 3 is 2.44 bits per heavy atom. The van der Waals surface area contributed by atoms with Gasteiger partial charge in [0.2, 0.25) is 0 Å². The van der Waals surface area contributed by atoms with E-state index in [0.717, 1.165) is 31.6 Å². The molecule has 32 heavy (non-hydrogen) atoms. The van der Waals surface area contributed by atoms with E-state index in [-0.39, 0.29) is 10.7 Å². The number of nitrogens with one attached hydrogen (secondary N) is 1. The number of thiocarbonyl (C=S) groups is 1. The molecule has 0 bridgehead atoms. The van der Waals surface area contributed by atoms with Gasteiger partial charge in [0, 0.05) is 29.7 Å². The Kier molecular flexibility index (Phi) is 6.34. The van der Waals surface area contributed by atoms with Crippen LogP contribution >= 0.6 is 23.8 Å². The normalized spacial score (nSPS) is 17.7. The Morgan fingerprint density at radius 2 is 1.78 bits per heavy atom. The second-order valence-electron chi connectivity index (χ2n) is 7.40. The van der Waals surface area contributed by atoms with Crippen molar-refractivity contribution in [2.45, 2.75) is 12.8 Å². The molecule has 0 spiro atoms. The average Bonchev–Trinajstić information content (AvgIpc) is 3.30. The minimum absolute atomic E-state index is 0.00616. The van der Waals surface area contributed by atoms with Gasteiger partial charge in [-0.25, -0.2) is 0 Å². The Bertz CT molecular complexity index is 1130. The van der Waals surface area contributed by atoms with Crippen LogP contribution in [-0.4, -0.2) is 44.2 Å². The molecule has 2 fully saturated rings. The third-order valence-corrected chi connectivity index (χ3v) is 5.97. The van der Waals surface area contributed by atoms with E-state index in [2.05, 4.69) is 10.2 Å². The van der Waals surface area contributed by atoms with Crippen LogP contribution in [0.25, 0.3) is 6.08 Å². The minimum Gasteiger partial charge on any atom is -0.496 e. The first kappa shape index (κ1) is 22.1. The van der Waals surface area contributed by atoms with Gasteiger partial charge in [-0.2, -0.15) is 0 Å². The van der Waals surface area contributed by atoms with Crippen LogP contribution < -0.4 is 24.6 Å². The van der Waals surface area contributed by atoms with Crippen LogP contribution in [0.5, 0.6) is 11.5 Å². The van der Waals surface area contributed by atoms with Crippen LogP contribution in [0.4, 0.5) is 11.4 Å². The molecule has 2 aromatic carbocycles. The molecule has 9 heteroatoms. The van der Waals surface area contributed by atoms with Gasteiger partial charge < -0.3 is 14.4 Å². The fourth-order valence-corrected chi connectivity index (χ4v) is 4.35. The van der Waals surface area contributed by atoms with Crippen LogP contribution in [0, 0.1) is 0 Å². The maximum Gasteiger partial charge on any atom is 0.270 e. The lowest BCUT2D eigenvalue weighted by molar-refractivity contribution is -0.122. The van der Waals surface area contributed by atoms with Crippen LogP contribution in [0.3, 0.4) is 0 Å². The summed E-state index contributed by atoms with van der Waals surface area (Å²) in [4.78, 5) is 29.4. The zero-order valence-electron chi connectivity index (χ0n) is 17.7. The summed E-state index contributed by atoms with van der Waals surface area (Å²) in [5.41, 5.74) is 1.86. The predicted octanol–water partition coefficient (Wildman–Crippen LogP) is 3.79. The molecule has 2 aliphatic heterocycles. The van der Waals surface area contributed by atoms with Gasteiger partial charge in [-0.3, -0.25) is 19.8 Å². The first-order chi connectivity index (χ1) is 15.4. The summed E-state index contributed by atoms with van der Waals surface area (Å²) >= 11 is 11.3. The zero-order chi connectivity index (χ0) is 22.8. The Labute approximate surface area is 196 Å². The standard InChI is InChI=1S/C23H22ClN3O4S/c1-30-19-13-18(26-8-3-4-9-26)20(31-2)11-14(19)10-17-21(28)25-23(32)27(22(17)29)16-7-5-6-15(24)12-16/h5-7,10-13H,3-4,8-9H2,1-2H3,(H,25,28,32)/b17-10+. The van der Waals surface area contributed by atoms with Crippen molar-refractivity contribution < 1.29 is 19.1 Å². The van der Waals surface area contributed by atoms with E-state index >= 15 is 0 Å². The maximum absolute atomic E-state index is 13.3. The van der Waals surface area contributed by atoms with Gasteiger partial charge in [0.25, 0.3) is 11.8 Å². The van der Waals surface area contributed by atoms with Crippen molar-refractivity contribution in [1.82, 2.24) is 5.32 Å². The molecule has 0 unspecified atom stereocenters. The summed E-state index contributed by atoms with van der Waals surface area (Å²) < 4.78 is 11.2. The molecule has 2 aliphatic rings. The summed E-state index contributed by atoms with van der Waals surface area (Å²) in [6.45, 7) is 1.87. The average molecular weight is 472 g/mol. The number of carbonyl (C=O) groups excluding carboxylic acids is 2. The van der Waals surface area contributed by atoms with E-state index in [1.54, 1.807) is 44.6 Å². The van der Waals surface area contributed by atoms with Crippen LogP contribution in [-0.2, 0) is 9.59 Å². The second-order valence-corrected chi connectivity index (χ2v) is 8.22. The summed E-state index contributed by atoms with van der Waals surface area (Å²) in [5, 5.41) is 3.02. The van der Waals surface area contributed by atoms with E-state index in [9.17, 15) is 9.59 Å². The number of benzene rings is 2. The molecule has 1 N–H and O–H groups in total. The molecule has 7 nitrogen and oxygen atoms in total. The fraction of sp³-hybridized carbons (Fsp3) is 0.261. The van der Waals surface area contributed by atoms with Crippen molar-refractivity contribution in [3.8, 4) is 11.5 Å². The largest absolute Gasteiger partial charge is 0.496 e. The Hall–Kier alpha value is -3.10. The van der Waals surface area contributed by atoms with Gasteiger partial charge in [-0.05, 0) is 55.4 Å². The highest BCUT2D eigenvalue weighted by molar-refractivity contribution is 7.80. The number of hydrogen-bond donors (Lipinski definition) is 1. The molecule has 0 aliphatic carbocycles. The number of carbonyl (C=O) groups is 2. The number of methoxy groups -OCH3 is 2. The summed E-state index contributed by atoms with van der Waals surface area (Å²) in [7, 11) is 3.14. The molecule has 0 atom stereocenters. The maximum atomic E-state index is 13.3. The van der Waals surface area contributed by atoms with E-state index < -0.39 is 11.8 Å². The third-order valence-electron chi connectivity index (χ3n) is 5.45. The first-order valence-corrected chi connectivity index (χ1v) is 10.9. The first-order valence-electron chi connectivity index (χ1n) is 10.1. The van der Waals surface area contributed by atoms with Gasteiger partial charge in [0.1, 0.15) is 17.1 Å². The number of rotatable bonds is 5. The molecule has 2 amide bonds. The van der Waals surface area contributed by atoms with Gasteiger partial charge in [0.05, 0.1) is 25.6 Å². The summed E-state index contributed by atoms with van der Waals surface area (Å²) in [5.74, 6) is 0.0438. The molecular formula is C23H22ClN3O4S. The number of halogens is 1. The number of nitrogens with zero attached hydrogens (tertiary/aromatic N) is 2. The van der Waals surface area contributed by atoms with Gasteiger partial charge in [-0.1, -0.05) is 17.7 Å². The summed E-state index contributed by atoms with van der Waals surface area (Å²) in [6.07, 6.45) is 3.72. The molecule has 0 aromatic heterocycles. The second kappa shape index (κ2) is 9.18. The van der Waals surface area contributed by atoms with Crippen LogP contribution in [0.1, 0.15) is 18.4 Å². The lowest BCUT2D eigenvalue weighted by atomic mass is 10.0. The number of anilines is 2. The molecular weight excluding hydrogens is 450 g/mol. The molecule has 2 aromatic rings. The van der Waals surface area contributed by atoms with E-state index in [1.165, 1.54) is 11.0 Å². The monoisotopic (exact) mass is 471 g/mol. The van der Waals surface area contributed by atoms with Crippen molar-refractivity contribution in [2.75, 3.05) is 37.1 Å². The van der Waals surface area contributed by atoms with E-state index in [4.69, 9.17) is 33.3 Å². The summed E-state index contributed by atoms with van der Waals surface area (Å²) in [6, 6.07) is 10.3. The van der Waals surface area contributed by atoms with Crippen molar-refractivity contribution in [2.24, 2.45) is 0 Å². The van der Waals surface area contributed by atoms with E-state index in [0.29, 0.717) is 27.8 Å². The third kappa shape index (κ3) is 4.16. The molecule has 0 saturated carbocycles. The van der Waals surface area contributed by atoms with Gasteiger partial charge >= 0.3 is 0 Å². The topological polar surface area (TPSA) is 71.1 Å². The van der Waals surface area contributed by atoms with Crippen molar-refractivity contribution in [3.05, 3.63) is 52.6 Å². The quantitative estimate of drug-likeness (QED) is 0.406. The molecule has 166 valence electrons. The van der Waals surface area contributed by atoms with Crippen molar-refractivity contribution in [1.29, 1.82) is 0 Å². The van der Waals surface area contributed by atoms with Gasteiger partial charge in [0.15, 0.2) is 5.11 Å². The molecule has 0 radical (unpaired) electrons. The highest BCUT2D eigenvalue weighted by atomic mass is 35.5. The van der Waals surface area contributed by atoms with Gasteiger partial charge in [-0.15, -0.1) is 0 Å². The van der Waals surface area contributed by atoms with Crippen molar-refractivity contribution >= 4 is 58.2 Å². The molecule has 4 rings (SSSR count). The lowest BCUT2D eigenvalue weighted by Crippen LogP contribution is -2.54.